The second-order valence-corrected chi connectivity index (χ2v) is 8.81. The van der Waals surface area contributed by atoms with Crippen LogP contribution in [0.15, 0.2) is 42.7 Å². The van der Waals surface area contributed by atoms with Gasteiger partial charge in [-0.1, -0.05) is 0 Å². The summed E-state index contributed by atoms with van der Waals surface area (Å²) in [5.74, 6) is 2.46. The molecule has 0 unspecified atom stereocenters. The molecule has 0 amide bonds. The lowest BCUT2D eigenvalue weighted by Crippen LogP contribution is -2.21. The normalized spacial score (nSPS) is 14.1. The number of hydrogen-bond donors (Lipinski definition) is 0. The molecule has 0 atom stereocenters. The molecule has 0 spiro atoms. The summed E-state index contributed by atoms with van der Waals surface area (Å²) in [5, 5.41) is 1.87. The minimum Gasteiger partial charge on any atom is -0.493 e. The molecule has 2 aromatic heterocycles. The van der Waals surface area contributed by atoms with Crippen molar-refractivity contribution in [2.75, 3.05) is 33.4 Å². The van der Waals surface area contributed by atoms with E-state index in [0.717, 1.165) is 40.5 Å². The van der Waals surface area contributed by atoms with Crippen molar-refractivity contribution in [3.63, 3.8) is 0 Å². The van der Waals surface area contributed by atoms with Crippen LogP contribution in [0.3, 0.4) is 0 Å². The minimum atomic E-state index is 0.465. The summed E-state index contributed by atoms with van der Waals surface area (Å²) in [5.41, 5.74) is 3.81. The average Bonchev–Trinajstić information content (AvgIpc) is 3.35. The Hall–Kier alpha value is -3.45. The fraction of sp³-hybridized carbons (Fsp3) is 0.370. The molecule has 0 aliphatic carbocycles. The molecule has 1 aliphatic rings. The maximum atomic E-state index is 6.18. The van der Waals surface area contributed by atoms with Crippen LogP contribution < -0.4 is 14.2 Å². The van der Waals surface area contributed by atoms with E-state index in [0.29, 0.717) is 29.7 Å². The van der Waals surface area contributed by atoms with Crippen molar-refractivity contribution in [2.45, 2.75) is 33.1 Å². The monoisotopic (exact) mass is 458 g/mol. The standard InChI is InChI=1S/C27H30N4O3/c1-18-13-19(2)30-24-14-20(7-8-21(18)24)34-27-22-15-25(32-3)26(16-23(22)28-17-29-27)33-12-6-11-31-9-4-5-10-31/h7-8,13-17H,4-6,9-12H2,1-3H3. The van der Waals surface area contributed by atoms with Crippen molar-refractivity contribution in [3.05, 3.63) is 54.0 Å². The molecule has 1 aliphatic heterocycles. The fourth-order valence-corrected chi connectivity index (χ4v) is 4.60. The van der Waals surface area contributed by atoms with Crippen LogP contribution in [0.1, 0.15) is 30.5 Å². The predicted molar refractivity (Wildman–Crippen MR) is 133 cm³/mol. The van der Waals surface area contributed by atoms with Gasteiger partial charge in [-0.15, -0.1) is 0 Å². The molecular formula is C27H30N4O3. The van der Waals surface area contributed by atoms with Gasteiger partial charge >= 0.3 is 0 Å². The van der Waals surface area contributed by atoms with Crippen molar-refractivity contribution in [1.29, 1.82) is 0 Å². The maximum absolute atomic E-state index is 6.18. The van der Waals surface area contributed by atoms with Gasteiger partial charge in [0.1, 0.15) is 12.1 Å². The van der Waals surface area contributed by atoms with E-state index >= 15 is 0 Å². The third-order valence-corrected chi connectivity index (χ3v) is 6.29. The Morgan fingerprint density at radius 1 is 0.912 bits per heavy atom. The predicted octanol–water partition coefficient (Wildman–Crippen LogP) is 5.46. The number of benzene rings is 2. The van der Waals surface area contributed by atoms with Crippen LogP contribution in [0.2, 0.25) is 0 Å². The minimum absolute atomic E-state index is 0.465. The van der Waals surface area contributed by atoms with Crippen LogP contribution in [0.5, 0.6) is 23.1 Å². The van der Waals surface area contributed by atoms with Crippen LogP contribution in [0, 0.1) is 13.8 Å². The number of methoxy groups -OCH3 is 1. The van der Waals surface area contributed by atoms with Gasteiger partial charge in [0.25, 0.3) is 0 Å². The summed E-state index contributed by atoms with van der Waals surface area (Å²) in [4.78, 5) is 16.0. The zero-order chi connectivity index (χ0) is 23.5. The summed E-state index contributed by atoms with van der Waals surface area (Å²) in [6.45, 7) is 8.19. The Bertz CT molecular complexity index is 1320. The van der Waals surface area contributed by atoms with E-state index in [2.05, 4.69) is 32.8 Å². The van der Waals surface area contributed by atoms with Crippen LogP contribution in [-0.4, -0.2) is 53.2 Å². The van der Waals surface area contributed by atoms with E-state index in [1.165, 1.54) is 37.8 Å². The second kappa shape index (κ2) is 9.81. The Morgan fingerprint density at radius 2 is 1.76 bits per heavy atom. The highest BCUT2D eigenvalue weighted by Crippen LogP contribution is 2.36. The van der Waals surface area contributed by atoms with Gasteiger partial charge in [-0.25, -0.2) is 9.97 Å². The lowest BCUT2D eigenvalue weighted by molar-refractivity contribution is 0.254. The summed E-state index contributed by atoms with van der Waals surface area (Å²) in [6, 6.07) is 11.8. The SMILES string of the molecule is COc1cc2c(Oc3ccc4c(C)cc(C)nc4c3)ncnc2cc1OCCCN1CCCC1. The lowest BCUT2D eigenvalue weighted by atomic mass is 10.1. The van der Waals surface area contributed by atoms with Gasteiger partial charge < -0.3 is 19.1 Å². The first-order valence-corrected chi connectivity index (χ1v) is 11.8. The second-order valence-electron chi connectivity index (χ2n) is 8.81. The topological polar surface area (TPSA) is 69.6 Å². The molecule has 5 rings (SSSR count). The highest BCUT2D eigenvalue weighted by molar-refractivity contribution is 5.87. The summed E-state index contributed by atoms with van der Waals surface area (Å²) in [6.07, 6.45) is 5.10. The maximum Gasteiger partial charge on any atom is 0.230 e. The number of hydrogen-bond acceptors (Lipinski definition) is 7. The van der Waals surface area contributed by atoms with Gasteiger partial charge in [0.15, 0.2) is 11.5 Å². The van der Waals surface area contributed by atoms with E-state index < -0.39 is 0 Å². The van der Waals surface area contributed by atoms with Crippen molar-refractivity contribution in [2.24, 2.45) is 0 Å². The van der Waals surface area contributed by atoms with Crippen LogP contribution in [-0.2, 0) is 0 Å². The highest BCUT2D eigenvalue weighted by Gasteiger charge is 2.15. The molecule has 1 fully saturated rings. The molecule has 2 aromatic carbocycles. The number of nitrogens with zero attached hydrogens (tertiary/aromatic N) is 4. The molecule has 176 valence electrons. The summed E-state index contributed by atoms with van der Waals surface area (Å²) < 4.78 is 17.9. The number of pyridine rings is 1. The van der Waals surface area contributed by atoms with E-state index in [4.69, 9.17) is 14.2 Å². The quantitative estimate of drug-likeness (QED) is 0.325. The third-order valence-electron chi connectivity index (χ3n) is 6.29. The lowest BCUT2D eigenvalue weighted by Gasteiger charge is -2.16. The molecule has 0 bridgehead atoms. The summed E-state index contributed by atoms with van der Waals surface area (Å²) >= 11 is 0. The van der Waals surface area contributed by atoms with E-state index in [1.807, 2.05) is 37.3 Å². The largest absolute Gasteiger partial charge is 0.493 e. The third kappa shape index (κ3) is 4.75. The number of likely N-dealkylation sites (tertiary alicyclic amines) is 1. The average molecular weight is 459 g/mol. The van der Waals surface area contributed by atoms with Crippen molar-refractivity contribution in [1.82, 2.24) is 19.9 Å². The van der Waals surface area contributed by atoms with Gasteiger partial charge in [0.05, 0.1) is 30.1 Å². The number of aromatic nitrogens is 3. The Labute approximate surface area is 199 Å². The molecule has 1 saturated heterocycles. The first-order chi connectivity index (χ1) is 16.6. The van der Waals surface area contributed by atoms with Gasteiger partial charge in [0.2, 0.25) is 5.88 Å². The van der Waals surface area contributed by atoms with Crippen LogP contribution in [0.4, 0.5) is 0 Å². The fourth-order valence-electron chi connectivity index (χ4n) is 4.60. The number of rotatable bonds is 8. The van der Waals surface area contributed by atoms with Crippen LogP contribution in [0.25, 0.3) is 21.8 Å². The number of fused-ring (bicyclic) bond motifs is 2. The zero-order valence-electron chi connectivity index (χ0n) is 20.0. The highest BCUT2D eigenvalue weighted by atomic mass is 16.5. The smallest absolute Gasteiger partial charge is 0.230 e. The molecular weight excluding hydrogens is 428 g/mol. The van der Waals surface area contributed by atoms with E-state index in [-0.39, 0.29) is 0 Å². The molecule has 7 nitrogen and oxygen atoms in total. The molecule has 34 heavy (non-hydrogen) atoms. The number of ether oxygens (including phenoxy) is 3. The Balaban J connectivity index is 1.37. The molecule has 7 heteroatoms. The molecule has 4 aromatic rings. The first kappa shape index (κ1) is 22.3. The van der Waals surface area contributed by atoms with E-state index in [1.54, 1.807) is 7.11 Å². The first-order valence-electron chi connectivity index (χ1n) is 11.8. The number of aryl methyl sites for hydroxylation is 2. The van der Waals surface area contributed by atoms with E-state index in [9.17, 15) is 0 Å². The van der Waals surface area contributed by atoms with Crippen molar-refractivity contribution >= 4 is 21.8 Å². The van der Waals surface area contributed by atoms with Gasteiger partial charge in [-0.2, -0.15) is 0 Å². The van der Waals surface area contributed by atoms with Crippen molar-refractivity contribution < 1.29 is 14.2 Å². The summed E-state index contributed by atoms with van der Waals surface area (Å²) in [7, 11) is 1.64. The molecule has 0 saturated carbocycles. The van der Waals surface area contributed by atoms with Gasteiger partial charge in [-0.3, -0.25) is 4.98 Å². The zero-order valence-corrected chi connectivity index (χ0v) is 20.0. The van der Waals surface area contributed by atoms with Gasteiger partial charge in [0, 0.05) is 29.8 Å². The van der Waals surface area contributed by atoms with Crippen LogP contribution >= 0.6 is 0 Å². The Kier molecular flexibility index (Phi) is 6.45. The Morgan fingerprint density at radius 3 is 2.59 bits per heavy atom. The van der Waals surface area contributed by atoms with Gasteiger partial charge in [-0.05, 0) is 76.0 Å². The molecule has 0 radical (unpaired) electrons. The molecule has 3 heterocycles. The van der Waals surface area contributed by atoms with Crippen molar-refractivity contribution in [3.8, 4) is 23.1 Å². The molecule has 0 N–H and O–H groups in total.